The first kappa shape index (κ1) is 12.6. The Labute approximate surface area is 107 Å². The summed E-state index contributed by atoms with van der Waals surface area (Å²) in [6.45, 7) is 2.65. The van der Waals surface area contributed by atoms with Gasteiger partial charge in [0.25, 0.3) is 0 Å². The second-order valence-electron chi connectivity index (χ2n) is 4.55. The van der Waals surface area contributed by atoms with Crippen molar-refractivity contribution in [2.24, 2.45) is 0 Å². The second kappa shape index (κ2) is 5.69. The molecule has 4 heteroatoms. The van der Waals surface area contributed by atoms with E-state index in [1.807, 2.05) is 31.2 Å². The fourth-order valence-electron chi connectivity index (χ4n) is 1.94. The van der Waals surface area contributed by atoms with E-state index in [-0.39, 0.29) is 6.10 Å². The number of pyridine rings is 1. The Bertz CT molecular complexity index is 525. The smallest absolute Gasteiger partial charge is 0.0743 e. The van der Waals surface area contributed by atoms with Crippen molar-refractivity contribution in [1.82, 2.24) is 4.98 Å². The largest absolute Gasteiger partial charge is 0.399 e. The van der Waals surface area contributed by atoms with Crippen LogP contribution in [0.2, 0.25) is 0 Å². The Kier molecular flexibility index (Phi) is 3.99. The highest BCUT2D eigenvalue weighted by Gasteiger charge is 2.02. The summed E-state index contributed by atoms with van der Waals surface area (Å²) >= 11 is 0. The summed E-state index contributed by atoms with van der Waals surface area (Å²) in [5.41, 5.74) is 8.42. The zero-order valence-corrected chi connectivity index (χ0v) is 10.6. The standard InChI is InChI=1S/C14H19N3O/c1-10(18)3-2-7-16-13-6-8-17-14-9-11(15)4-5-12(13)14/h4-6,8-10,18H,2-3,7,15H2,1H3,(H,16,17). The Morgan fingerprint density at radius 2 is 2.22 bits per heavy atom. The monoisotopic (exact) mass is 245 g/mol. The van der Waals surface area contributed by atoms with Gasteiger partial charge in [-0.3, -0.25) is 4.98 Å². The number of aliphatic hydroxyl groups is 1. The Morgan fingerprint density at radius 1 is 1.39 bits per heavy atom. The number of anilines is 2. The lowest BCUT2D eigenvalue weighted by Gasteiger charge is -2.10. The summed E-state index contributed by atoms with van der Waals surface area (Å²) in [6.07, 6.45) is 3.29. The van der Waals surface area contributed by atoms with Crippen LogP contribution in [0.25, 0.3) is 10.9 Å². The molecule has 1 atom stereocenters. The lowest BCUT2D eigenvalue weighted by atomic mass is 10.1. The summed E-state index contributed by atoms with van der Waals surface area (Å²) in [4.78, 5) is 4.30. The summed E-state index contributed by atoms with van der Waals surface area (Å²) in [7, 11) is 0. The molecule has 0 radical (unpaired) electrons. The van der Waals surface area contributed by atoms with Gasteiger partial charge in [0.05, 0.1) is 11.6 Å². The van der Waals surface area contributed by atoms with E-state index in [9.17, 15) is 5.11 Å². The SMILES string of the molecule is CC(O)CCCNc1ccnc2cc(N)ccc12. The Balaban J connectivity index is 2.08. The number of hydrogen-bond acceptors (Lipinski definition) is 4. The molecule has 18 heavy (non-hydrogen) atoms. The highest BCUT2D eigenvalue weighted by atomic mass is 16.3. The molecule has 1 heterocycles. The molecule has 0 fully saturated rings. The maximum absolute atomic E-state index is 9.20. The number of nitrogens with two attached hydrogens (primary N) is 1. The van der Waals surface area contributed by atoms with Crippen LogP contribution in [0.5, 0.6) is 0 Å². The van der Waals surface area contributed by atoms with Crippen molar-refractivity contribution in [1.29, 1.82) is 0 Å². The fourth-order valence-corrected chi connectivity index (χ4v) is 1.94. The van der Waals surface area contributed by atoms with E-state index in [1.54, 1.807) is 6.20 Å². The van der Waals surface area contributed by atoms with Crippen LogP contribution < -0.4 is 11.1 Å². The molecular weight excluding hydrogens is 226 g/mol. The number of benzene rings is 1. The molecule has 1 unspecified atom stereocenters. The molecule has 4 N–H and O–H groups in total. The predicted octanol–water partition coefficient (Wildman–Crippen LogP) is 2.39. The zero-order chi connectivity index (χ0) is 13.0. The molecule has 2 rings (SSSR count). The number of rotatable bonds is 5. The van der Waals surface area contributed by atoms with Crippen molar-refractivity contribution < 1.29 is 5.11 Å². The number of hydrogen-bond donors (Lipinski definition) is 3. The van der Waals surface area contributed by atoms with E-state index in [0.29, 0.717) is 0 Å². The van der Waals surface area contributed by atoms with Gasteiger partial charge in [0.15, 0.2) is 0 Å². The third kappa shape index (κ3) is 3.11. The number of nitrogens with one attached hydrogen (secondary N) is 1. The molecule has 0 amide bonds. The first-order valence-electron chi connectivity index (χ1n) is 6.23. The van der Waals surface area contributed by atoms with Gasteiger partial charge in [-0.05, 0) is 44.0 Å². The van der Waals surface area contributed by atoms with Gasteiger partial charge in [-0.1, -0.05) is 0 Å². The summed E-state index contributed by atoms with van der Waals surface area (Å²) in [5.74, 6) is 0. The van der Waals surface area contributed by atoms with Crippen LogP contribution in [0.4, 0.5) is 11.4 Å². The Morgan fingerprint density at radius 3 is 3.00 bits per heavy atom. The van der Waals surface area contributed by atoms with Gasteiger partial charge in [0, 0.05) is 29.5 Å². The second-order valence-corrected chi connectivity index (χ2v) is 4.55. The van der Waals surface area contributed by atoms with Crippen molar-refractivity contribution in [2.75, 3.05) is 17.6 Å². The minimum Gasteiger partial charge on any atom is -0.399 e. The third-order valence-electron chi connectivity index (χ3n) is 2.88. The molecule has 96 valence electrons. The third-order valence-corrected chi connectivity index (χ3v) is 2.88. The maximum atomic E-state index is 9.20. The van der Waals surface area contributed by atoms with Gasteiger partial charge in [-0.15, -0.1) is 0 Å². The summed E-state index contributed by atoms with van der Waals surface area (Å²) in [5, 5.41) is 13.6. The summed E-state index contributed by atoms with van der Waals surface area (Å²) in [6, 6.07) is 7.69. The minimum absolute atomic E-state index is 0.235. The number of nitrogens with zero attached hydrogens (tertiary/aromatic N) is 1. The average molecular weight is 245 g/mol. The number of aliphatic hydroxyl groups excluding tert-OH is 1. The first-order chi connectivity index (χ1) is 8.66. The van der Waals surface area contributed by atoms with Crippen molar-refractivity contribution in [3.05, 3.63) is 30.5 Å². The quantitative estimate of drug-likeness (QED) is 0.558. The maximum Gasteiger partial charge on any atom is 0.0743 e. The highest BCUT2D eigenvalue weighted by molar-refractivity contribution is 5.92. The molecule has 0 aliphatic rings. The number of nitrogen functional groups attached to an aromatic ring is 1. The van der Waals surface area contributed by atoms with Crippen molar-refractivity contribution in [3.8, 4) is 0 Å². The van der Waals surface area contributed by atoms with E-state index < -0.39 is 0 Å². The van der Waals surface area contributed by atoms with Gasteiger partial charge >= 0.3 is 0 Å². The van der Waals surface area contributed by atoms with Crippen LogP contribution in [0, 0.1) is 0 Å². The van der Waals surface area contributed by atoms with Crippen molar-refractivity contribution >= 4 is 22.3 Å². The zero-order valence-electron chi connectivity index (χ0n) is 10.6. The van der Waals surface area contributed by atoms with Gasteiger partial charge in [-0.25, -0.2) is 0 Å². The average Bonchev–Trinajstić information content (AvgIpc) is 2.34. The minimum atomic E-state index is -0.235. The van der Waals surface area contributed by atoms with Crippen LogP contribution >= 0.6 is 0 Å². The van der Waals surface area contributed by atoms with E-state index in [0.717, 1.165) is 41.7 Å². The van der Waals surface area contributed by atoms with Gasteiger partial charge < -0.3 is 16.2 Å². The number of aromatic nitrogens is 1. The fraction of sp³-hybridized carbons (Fsp3) is 0.357. The van der Waals surface area contributed by atoms with E-state index in [1.165, 1.54) is 0 Å². The molecular formula is C14H19N3O. The van der Waals surface area contributed by atoms with Crippen molar-refractivity contribution in [3.63, 3.8) is 0 Å². The molecule has 0 aliphatic heterocycles. The topological polar surface area (TPSA) is 71.2 Å². The molecule has 0 bridgehead atoms. The van der Waals surface area contributed by atoms with Gasteiger partial charge in [0.2, 0.25) is 0 Å². The highest BCUT2D eigenvalue weighted by Crippen LogP contribution is 2.23. The molecule has 0 aliphatic carbocycles. The normalized spacial score (nSPS) is 12.6. The molecule has 0 spiro atoms. The molecule has 0 saturated carbocycles. The van der Waals surface area contributed by atoms with E-state index in [2.05, 4.69) is 10.3 Å². The lowest BCUT2D eigenvalue weighted by molar-refractivity contribution is 0.183. The van der Waals surface area contributed by atoms with Gasteiger partial charge in [-0.2, -0.15) is 0 Å². The Hall–Kier alpha value is -1.81. The molecule has 2 aromatic rings. The van der Waals surface area contributed by atoms with Crippen LogP contribution in [0.1, 0.15) is 19.8 Å². The van der Waals surface area contributed by atoms with Crippen LogP contribution in [0.15, 0.2) is 30.5 Å². The van der Waals surface area contributed by atoms with E-state index >= 15 is 0 Å². The van der Waals surface area contributed by atoms with Gasteiger partial charge in [0.1, 0.15) is 0 Å². The first-order valence-corrected chi connectivity index (χ1v) is 6.23. The van der Waals surface area contributed by atoms with Crippen LogP contribution in [0.3, 0.4) is 0 Å². The lowest BCUT2D eigenvalue weighted by Crippen LogP contribution is -2.06. The van der Waals surface area contributed by atoms with Crippen LogP contribution in [-0.4, -0.2) is 22.7 Å². The molecule has 4 nitrogen and oxygen atoms in total. The summed E-state index contributed by atoms with van der Waals surface area (Å²) < 4.78 is 0. The van der Waals surface area contributed by atoms with Crippen LogP contribution in [-0.2, 0) is 0 Å². The van der Waals surface area contributed by atoms with E-state index in [4.69, 9.17) is 5.73 Å². The molecule has 0 saturated heterocycles. The molecule has 1 aromatic carbocycles. The number of fused-ring (bicyclic) bond motifs is 1. The van der Waals surface area contributed by atoms with Crippen molar-refractivity contribution in [2.45, 2.75) is 25.9 Å². The predicted molar refractivity (Wildman–Crippen MR) is 75.6 cm³/mol. The molecule has 1 aromatic heterocycles.